The van der Waals surface area contributed by atoms with Gasteiger partial charge in [0, 0.05) is 10.1 Å². The number of hydrogen-bond acceptors (Lipinski definition) is 3. The van der Waals surface area contributed by atoms with E-state index >= 15 is 0 Å². The zero-order valence-corrected chi connectivity index (χ0v) is 11.9. The highest BCUT2D eigenvalue weighted by Gasteiger charge is 2.12. The van der Waals surface area contributed by atoms with Crippen molar-refractivity contribution in [1.82, 2.24) is 0 Å². The maximum absolute atomic E-state index is 5.73. The lowest BCUT2D eigenvalue weighted by molar-refractivity contribution is 0.414. The van der Waals surface area contributed by atoms with Gasteiger partial charge in [-0.2, -0.15) is 0 Å². The molecule has 19 heavy (non-hydrogen) atoms. The summed E-state index contributed by atoms with van der Waals surface area (Å²) in [5, 5.41) is 0.402. The summed E-state index contributed by atoms with van der Waals surface area (Å²) in [6, 6.07) is 18.7. The van der Waals surface area contributed by atoms with Gasteiger partial charge in [-0.1, -0.05) is 30.3 Å². The third kappa shape index (κ3) is 4.01. The summed E-state index contributed by atoms with van der Waals surface area (Å²) < 4.78 is 5.18. The summed E-state index contributed by atoms with van der Waals surface area (Å²) in [7, 11) is 1.68. The van der Waals surface area contributed by atoms with Crippen molar-refractivity contribution in [1.29, 1.82) is 0 Å². The van der Waals surface area contributed by atoms with Gasteiger partial charge in [-0.3, -0.25) is 0 Å². The maximum Gasteiger partial charge on any atom is 0.118 e. The third-order valence-corrected chi connectivity index (χ3v) is 4.27. The van der Waals surface area contributed by atoms with Gasteiger partial charge >= 0.3 is 0 Å². The van der Waals surface area contributed by atoms with Gasteiger partial charge in [0.15, 0.2) is 0 Å². The topological polar surface area (TPSA) is 35.2 Å². The van der Waals surface area contributed by atoms with Crippen LogP contribution in [0, 0.1) is 0 Å². The second-order valence-electron chi connectivity index (χ2n) is 4.27. The molecule has 2 aromatic rings. The Hall–Kier alpha value is -1.45. The lowest BCUT2D eigenvalue weighted by Crippen LogP contribution is -2.04. The summed E-state index contributed by atoms with van der Waals surface area (Å²) in [5.74, 6) is 0.888. The average molecular weight is 273 g/mol. The number of ether oxygens (including phenoxy) is 1. The molecule has 0 aromatic heterocycles. The largest absolute Gasteiger partial charge is 0.497 e. The van der Waals surface area contributed by atoms with Crippen LogP contribution >= 0.6 is 11.8 Å². The summed E-state index contributed by atoms with van der Waals surface area (Å²) in [5.41, 5.74) is 7.06. The lowest BCUT2D eigenvalue weighted by Gasteiger charge is -2.16. The van der Waals surface area contributed by atoms with Crippen molar-refractivity contribution in [2.45, 2.75) is 16.6 Å². The quantitative estimate of drug-likeness (QED) is 0.811. The van der Waals surface area contributed by atoms with Crippen LogP contribution in [0.15, 0.2) is 59.5 Å². The van der Waals surface area contributed by atoms with Crippen molar-refractivity contribution in [2.75, 3.05) is 13.7 Å². The number of methoxy groups -OCH3 is 1. The van der Waals surface area contributed by atoms with E-state index in [2.05, 4.69) is 36.4 Å². The van der Waals surface area contributed by atoms with Crippen molar-refractivity contribution >= 4 is 11.8 Å². The fourth-order valence-corrected chi connectivity index (χ4v) is 3.10. The molecule has 0 fully saturated rings. The van der Waals surface area contributed by atoms with Crippen molar-refractivity contribution in [3.05, 3.63) is 60.2 Å². The first-order chi connectivity index (χ1) is 9.33. The molecule has 0 amide bonds. The molecule has 0 aliphatic heterocycles. The van der Waals surface area contributed by atoms with Crippen molar-refractivity contribution in [3.63, 3.8) is 0 Å². The second-order valence-corrected chi connectivity index (χ2v) is 5.55. The van der Waals surface area contributed by atoms with E-state index in [0.717, 1.165) is 12.2 Å². The number of rotatable bonds is 6. The third-order valence-electron chi connectivity index (χ3n) is 2.94. The summed E-state index contributed by atoms with van der Waals surface area (Å²) >= 11 is 1.85. The van der Waals surface area contributed by atoms with Crippen LogP contribution < -0.4 is 10.5 Å². The molecule has 100 valence electrons. The summed E-state index contributed by atoms with van der Waals surface area (Å²) in [4.78, 5) is 1.24. The molecule has 2 rings (SSSR count). The van der Waals surface area contributed by atoms with Crippen LogP contribution in [0.25, 0.3) is 0 Å². The molecule has 0 heterocycles. The van der Waals surface area contributed by atoms with Gasteiger partial charge in [0.25, 0.3) is 0 Å². The van der Waals surface area contributed by atoms with E-state index in [-0.39, 0.29) is 0 Å². The zero-order chi connectivity index (χ0) is 13.5. The van der Waals surface area contributed by atoms with Gasteiger partial charge in [-0.15, -0.1) is 11.8 Å². The molecular formula is C16H19NOS. The molecule has 0 aliphatic carbocycles. The molecular weight excluding hydrogens is 254 g/mol. The molecule has 1 atom stereocenters. The minimum Gasteiger partial charge on any atom is -0.497 e. The first-order valence-electron chi connectivity index (χ1n) is 6.39. The Labute approximate surface area is 119 Å². The van der Waals surface area contributed by atoms with Crippen LogP contribution in [0.5, 0.6) is 5.75 Å². The Balaban J connectivity index is 2.11. The molecule has 2 aromatic carbocycles. The molecule has 0 aliphatic rings. The minimum absolute atomic E-state index is 0.402. The van der Waals surface area contributed by atoms with Crippen molar-refractivity contribution < 1.29 is 4.74 Å². The Bertz CT molecular complexity index is 484. The first kappa shape index (κ1) is 14.0. The van der Waals surface area contributed by atoms with Gasteiger partial charge in [-0.25, -0.2) is 0 Å². The second kappa shape index (κ2) is 7.22. The van der Waals surface area contributed by atoms with Crippen LogP contribution in [0.1, 0.15) is 17.2 Å². The average Bonchev–Trinajstić information content (AvgIpc) is 2.48. The van der Waals surface area contributed by atoms with Crippen LogP contribution in [-0.4, -0.2) is 13.7 Å². The van der Waals surface area contributed by atoms with Crippen LogP contribution in [-0.2, 0) is 0 Å². The number of hydrogen-bond donors (Lipinski definition) is 1. The zero-order valence-electron chi connectivity index (χ0n) is 11.1. The van der Waals surface area contributed by atoms with E-state index in [1.54, 1.807) is 7.11 Å². The number of thioether (sulfide) groups is 1. The smallest absolute Gasteiger partial charge is 0.118 e. The fraction of sp³-hybridized carbons (Fsp3) is 0.250. The van der Waals surface area contributed by atoms with Crippen LogP contribution in [0.2, 0.25) is 0 Å². The fourth-order valence-electron chi connectivity index (χ4n) is 1.93. The highest BCUT2D eigenvalue weighted by Crippen LogP contribution is 2.37. The predicted octanol–water partition coefficient (Wildman–Crippen LogP) is 3.88. The molecule has 2 N–H and O–H groups in total. The van der Waals surface area contributed by atoms with Crippen LogP contribution in [0.3, 0.4) is 0 Å². The van der Waals surface area contributed by atoms with Gasteiger partial charge < -0.3 is 10.5 Å². The van der Waals surface area contributed by atoms with E-state index in [0.29, 0.717) is 11.8 Å². The molecule has 2 nitrogen and oxygen atoms in total. The Kier molecular flexibility index (Phi) is 5.31. The van der Waals surface area contributed by atoms with Crippen molar-refractivity contribution in [2.24, 2.45) is 5.73 Å². The van der Waals surface area contributed by atoms with E-state index < -0.39 is 0 Å². The lowest BCUT2D eigenvalue weighted by atomic mass is 10.1. The van der Waals surface area contributed by atoms with E-state index in [1.165, 1.54) is 10.5 Å². The van der Waals surface area contributed by atoms with Crippen LogP contribution in [0.4, 0.5) is 0 Å². The summed E-state index contributed by atoms with van der Waals surface area (Å²) in [6.07, 6.45) is 0.973. The Morgan fingerprint density at radius 2 is 1.74 bits per heavy atom. The molecule has 0 radical (unpaired) electrons. The normalized spacial score (nSPS) is 12.1. The Morgan fingerprint density at radius 1 is 1.05 bits per heavy atom. The molecule has 0 saturated carbocycles. The summed E-state index contributed by atoms with van der Waals surface area (Å²) in [6.45, 7) is 0.697. The van der Waals surface area contributed by atoms with E-state index in [4.69, 9.17) is 10.5 Å². The van der Waals surface area contributed by atoms with E-state index in [1.807, 2.05) is 30.0 Å². The monoisotopic (exact) mass is 273 g/mol. The SMILES string of the molecule is COc1ccc(SC(CCN)c2ccccc2)cc1. The van der Waals surface area contributed by atoms with Crippen molar-refractivity contribution in [3.8, 4) is 5.75 Å². The standard InChI is InChI=1S/C16H19NOS/c1-18-14-7-9-15(10-8-14)19-16(11-12-17)13-5-3-2-4-6-13/h2-10,16H,11-12,17H2,1H3. The molecule has 3 heteroatoms. The molecule has 0 saturated heterocycles. The predicted molar refractivity (Wildman–Crippen MR) is 81.7 cm³/mol. The first-order valence-corrected chi connectivity index (χ1v) is 7.27. The number of benzene rings is 2. The van der Waals surface area contributed by atoms with Gasteiger partial charge in [0.05, 0.1) is 7.11 Å². The minimum atomic E-state index is 0.402. The molecule has 0 bridgehead atoms. The maximum atomic E-state index is 5.73. The van der Waals surface area contributed by atoms with Gasteiger partial charge in [0.1, 0.15) is 5.75 Å². The van der Waals surface area contributed by atoms with E-state index in [9.17, 15) is 0 Å². The van der Waals surface area contributed by atoms with Gasteiger partial charge in [-0.05, 0) is 42.8 Å². The molecule has 1 unspecified atom stereocenters. The highest BCUT2D eigenvalue weighted by molar-refractivity contribution is 7.99. The number of nitrogens with two attached hydrogens (primary N) is 1. The van der Waals surface area contributed by atoms with Gasteiger partial charge in [0.2, 0.25) is 0 Å². The molecule has 0 spiro atoms. The Morgan fingerprint density at radius 3 is 2.32 bits per heavy atom. The highest BCUT2D eigenvalue weighted by atomic mass is 32.2.